The Morgan fingerprint density at radius 2 is 2.06 bits per heavy atom. The molecule has 0 heterocycles. The van der Waals surface area contributed by atoms with E-state index < -0.39 is 5.97 Å². The number of anilines is 1. The van der Waals surface area contributed by atoms with Crippen molar-refractivity contribution in [3.05, 3.63) is 28.8 Å². The van der Waals surface area contributed by atoms with Crippen LogP contribution in [0.2, 0.25) is 5.02 Å². The number of esters is 1. The summed E-state index contributed by atoms with van der Waals surface area (Å²) in [7, 11) is 0. The molecule has 0 aliphatic carbocycles. The monoisotopic (exact) mass is 270 g/mol. The number of carbonyl (C=O) groups excluding carboxylic acids is 1. The molecule has 2 N–H and O–H groups in total. The average molecular weight is 271 g/mol. The van der Waals surface area contributed by atoms with E-state index in [-0.39, 0.29) is 6.23 Å². The van der Waals surface area contributed by atoms with Gasteiger partial charge in [-0.25, -0.2) is 4.79 Å². The van der Waals surface area contributed by atoms with Crippen molar-refractivity contribution in [2.45, 2.75) is 27.0 Å². The molecular formula is C13H19ClN2O2. The minimum atomic E-state index is -0.392. The summed E-state index contributed by atoms with van der Waals surface area (Å²) in [4.78, 5) is 13.9. The predicted molar refractivity (Wildman–Crippen MR) is 73.7 cm³/mol. The van der Waals surface area contributed by atoms with Crippen LogP contribution in [0.25, 0.3) is 0 Å². The molecule has 0 spiro atoms. The lowest BCUT2D eigenvalue weighted by Gasteiger charge is -2.25. The van der Waals surface area contributed by atoms with Crippen LogP contribution in [-0.2, 0) is 4.74 Å². The van der Waals surface area contributed by atoms with Crippen molar-refractivity contribution < 1.29 is 9.53 Å². The largest absolute Gasteiger partial charge is 0.443 e. The Hall–Kier alpha value is -1.26. The van der Waals surface area contributed by atoms with Gasteiger partial charge in [-0.3, -0.25) is 4.90 Å². The number of nitrogens with two attached hydrogens (primary N) is 1. The first-order chi connectivity index (χ1) is 8.49. The van der Waals surface area contributed by atoms with Crippen LogP contribution in [0, 0.1) is 0 Å². The van der Waals surface area contributed by atoms with E-state index in [1.165, 1.54) is 6.07 Å². The minimum absolute atomic E-state index is 0.260. The summed E-state index contributed by atoms with van der Waals surface area (Å²) in [5.41, 5.74) is 6.45. The van der Waals surface area contributed by atoms with Gasteiger partial charge in [0, 0.05) is 0 Å². The summed E-state index contributed by atoms with van der Waals surface area (Å²) in [6.45, 7) is 7.55. The zero-order valence-electron chi connectivity index (χ0n) is 10.9. The molecule has 0 aliphatic heterocycles. The molecule has 0 fully saturated rings. The zero-order valence-corrected chi connectivity index (χ0v) is 11.7. The molecule has 0 aliphatic rings. The van der Waals surface area contributed by atoms with Crippen molar-refractivity contribution in [1.29, 1.82) is 0 Å². The molecule has 18 heavy (non-hydrogen) atoms. The summed E-state index contributed by atoms with van der Waals surface area (Å²) in [6.07, 6.45) is -0.260. The van der Waals surface area contributed by atoms with Gasteiger partial charge in [0.1, 0.15) is 0 Å². The number of ether oxygens (including phenoxy) is 1. The summed E-state index contributed by atoms with van der Waals surface area (Å²) >= 11 is 5.87. The summed E-state index contributed by atoms with van der Waals surface area (Å²) in [6, 6.07) is 4.73. The van der Waals surface area contributed by atoms with Crippen LogP contribution < -0.4 is 5.73 Å². The van der Waals surface area contributed by atoms with E-state index in [0.29, 0.717) is 16.3 Å². The molecule has 0 saturated heterocycles. The number of nitrogen functional groups attached to an aromatic ring is 1. The third-order valence-corrected chi connectivity index (χ3v) is 3.17. The Balaban J connectivity index is 2.73. The van der Waals surface area contributed by atoms with Crippen molar-refractivity contribution >= 4 is 23.3 Å². The number of carbonyl (C=O) groups is 1. The number of hydrogen-bond acceptors (Lipinski definition) is 4. The zero-order chi connectivity index (χ0) is 13.7. The molecule has 5 heteroatoms. The maximum absolute atomic E-state index is 11.9. The van der Waals surface area contributed by atoms with Gasteiger partial charge in [-0.2, -0.15) is 0 Å². The van der Waals surface area contributed by atoms with Gasteiger partial charge < -0.3 is 10.5 Å². The Labute approximate surface area is 113 Å². The van der Waals surface area contributed by atoms with Gasteiger partial charge in [0.05, 0.1) is 16.3 Å². The maximum atomic E-state index is 11.9. The Morgan fingerprint density at radius 1 is 1.44 bits per heavy atom. The summed E-state index contributed by atoms with van der Waals surface area (Å²) in [5, 5.41) is 0.361. The summed E-state index contributed by atoms with van der Waals surface area (Å²) < 4.78 is 5.36. The lowest BCUT2D eigenvalue weighted by Crippen LogP contribution is -2.36. The number of benzene rings is 1. The average Bonchev–Trinajstić information content (AvgIpc) is 2.34. The van der Waals surface area contributed by atoms with Gasteiger partial charge >= 0.3 is 5.97 Å². The highest BCUT2D eigenvalue weighted by atomic mass is 35.5. The molecule has 1 unspecified atom stereocenters. The normalized spacial score (nSPS) is 12.5. The van der Waals surface area contributed by atoms with Gasteiger partial charge in [-0.15, -0.1) is 0 Å². The molecule has 4 nitrogen and oxygen atoms in total. The number of hydrogen-bond donors (Lipinski definition) is 1. The molecule has 1 aromatic carbocycles. The van der Waals surface area contributed by atoms with Gasteiger partial charge in [0.25, 0.3) is 0 Å². The fraction of sp³-hybridized carbons (Fsp3) is 0.462. The van der Waals surface area contributed by atoms with Crippen LogP contribution in [0.3, 0.4) is 0 Å². The second-order valence-corrected chi connectivity index (χ2v) is 4.37. The second-order valence-electron chi connectivity index (χ2n) is 3.96. The van der Waals surface area contributed by atoms with Crippen LogP contribution in [-0.4, -0.2) is 30.2 Å². The van der Waals surface area contributed by atoms with E-state index in [9.17, 15) is 4.79 Å². The quantitative estimate of drug-likeness (QED) is 0.508. The lowest BCUT2D eigenvalue weighted by molar-refractivity contribution is -0.0196. The predicted octanol–water partition coefficient (Wildman–Crippen LogP) is 2.77. The Bertz CT molecular complexity index is 419. The SMILES string of the molecule is CCN(CC)C(C)OC(=O)c1ccc(N)c(Cl)c1. The van der Waals surface area contributed by atoms with Crippen LogP contribution in [0.4, 0.5) is 5.69 Å². The molecule has 0 saturated carbocycles. The molecule has 0 bridgehead atoms. The van der Waals surface area contributed by atoms with Gasteiger partial charge in [0.2, 0.25) is 0 Å². The molecular weight excluding hydrogens is 252 g/mol. The van der Waals surface area contributed by atoms with Crippen LogP contribution in [0.1, 0.15) is 31.1 Å². The van der Waals surface area contributed by atoms with Gasteiger partial charge in [-0.1, -0.05) is 25.4 Å². The molecule has 1 aromatic rings. The van der Waals surface area contributed by atoms with Crippen molar-refractivity contribution in [3.63, 3.8) is 0 Å². The number of nitrogens with zero attached hydrogens (tertiary/aromatic N) is 1. The maximum Gasteiger partial charge on any atom is 0.339 e. The lowest BCUT2D eigenvalue weighted by atomic mass is 10.2. The highest BCUT2D eigenvalue weighted by molar-refractivity contribution is 6.33. The van der Waals surface area contributed by atoms with Crippen LogP contribution in [0.15, 0.2) is 18.2 Å². The second kappa shape index (κ2) is 6.61. The first-order valence-electron chi connectivity index (χ1n) is 5.99. The van der Waals surface area contributed by atoms with E-state index in [0.717, 1.165) is 13.1 Å². The Morgan fingerprint density at radius 3 is 2.56 bits per heavy atom. The standard InChI is InChI=1S/C13H19ClN2O2/c1-4-16(5-2)9(3)18-13(17)10-6-7-12(15)11(14)8-10/h6-9H,4-5,15H2,1-3H3. The van der Waals surface area contributed by atoms with Crippen molar-refractivity contribution in [2.24, 2.45) is 0 Å². The molecule has 1 atom stereocenters. The topological polar surface area (TPSA) is 55.6 Å². The summed E-state index contributed by atoms with van der Waals surface area (Å²) in [5.74, 6) is -0.392. The van der Waals surface area contributed by atoms with Gasteiger partial charge in [-0.05, 0) is 38.2 Å². The number of rotatable bonds is 5. The molecule has 100 valence electrons. The van der Waals surface area contributed by atoms with Crippen molar-refractivity contribution in [2.75, 3.05) is 18.8 Å². The van der Waals surface area contributed by atoms with E-state index in [4.69, 9.17) is 22.1 Å². The number of halogens is 1. The van der Waals surface area contributed by atoms with E-state index in [2.05, 4.69) is 0 Å². The molecule has 0 amide bonds. The van der Waals surface area contributed by atoms with Crippen molar-refractivity contribution in [3.8, 4) is 0 Å². The smallest absolute Gasteiger partial charge is 0.339 e. The third kappa shape index (κ3) is 3.62. The van der Waals surface area contributed by atoms with E-state index in [1.807, 2.05) is 25.7 Å². The highest BCUT2D eigenvalue weighted by Crippen LogP contribution is 2.20. The fourth-order valence-electron chi connectivity index (χ4n) is 1.69. The van der Waals surface area contributed by atoms with Gasteiger partial charge in [0.15, 0.2) is 6.23 Å². The minimum Gasteiger partial charge on any atom is -0.443 e. The van der Waals surface area contributed by atoms with E-state index >= 15 is 0 Å². The Kier molecular flexibility index (Phi) is 5.44. The molecule has 0 radical (unpaired) electrons. The van der Waals surface area contributed by atoms with Crippen molar-refractivity contribution in [1.82, 2.24) is 4.90 Å². The first kappa shape index (κ1) is 14.8. The first-order valence-corrected chi connectivity index (χ1v) is 6.37. The van der Waals surface area contributed by atoms with E-state index in [1.54, 1.807) is 12.1 Å². The molecule has 0 aromatic heterocycles. The highest BCUT2D eigenvalue weighted by Gasteiger charge is 2.16. The van der Waals surface area contributed by atoms with Crippen LogP contribution >= 0.6 is 11.6 Å². The molecule has 1 rings (SSSR count). The third-order valence-electron chi connectivity index (χ3n) is 2.84. The fourth-order valence-corrected chi connectivity index (χ4v) is 1.87. The van der Waals surface area contributed by atoms with Crippen LogP contribution in [0.5, 0.6) is 0 Å².